The first-order valence-electron chi connectivity index (χ1n) is 10.6. The summed E-state index contributed by atoms with van der Waals surface area (Å²) in [5.41, 5.74) is 3.42. The molecule has 0 aliphatic heterocycles. The first-order chi connectivity index (χ1) is 14.6. The van der Waals surface area contributed by atoms with Gasteiger partial charge in [0.1, 0.15) is 17.6 Å². The molecule has 0 saturated heterocycles. The Morgan fingerprint density at radius 1 is 1.10 bits per heavy atom. The van der Waals surface area contributed by atoms with Crippen LogP contribution in [-0.2, 0) is 16.1 Å². The maximum Gasteiger partial charge on any atom is 0.261 e. The number of nitrogens with zero attached hydrogens (tertiary/aromatic N) is 1. The second kappa shape index (κ2) is 10.9. The highest BCUT2D eigenvalue weighted by molar-refractivity contribution is 5.88. The fourth-order valence-corrected chi connectivity index (χ4v) is 3.22. The largest absolute Gasteiger partial charge is 0.483 e. The highest BCUT2D eigenvalue weighted by Gasteiger charge is 2.27. The van der Waals surface area contributed by atoms with E-state index in [-0.39, 0.29) is 30.9 Å². The minimum atomic E-state index is -0.769. The van der Waals surface area contributed by atoms with Crippen molar-refractivity contribution in [2.75, 3.05) is 13.2 Å². The van der Waals surface area contributed by atoms with Crippen LogP contribution in [0.5, 0.6) is 5.75 Å². The molecule has 0 spiro atoms. The van der Waals surface area contributed by atoms with E-state index >= 15 is 0 Å². The number of aryl methyl sites for hydroxylation is 2. The van der Waals surface area contributed by atoms with E-state index in [4.69, 9.17) is 4.74 Å². The summed E-state index contributed by atoms with van der Waals surface area (Å²) in [6.07, 6.45) is 0. The molecule has 0 bridgehead atoms. The van der Waals surface area contributed by atoms with Gasteiger partial charge >= 0.3 is 0 Å². The number of carbonyl (C=O) groups is 2. The molecule has 2 rings (SSSR count). The third kappa shape index (κ3) is 6.81. The van der Waals surface area contributed by atoms with Gasteiger partial charge < -0.3 is 15.0 Å². The van der Waals surface area contributed by atoms with Crippen LogP contribution in [0.3, 0.4) is 0 Å². The molecule has 1 unspecified atom stereocenters. The van der Waals surface area contributed by atoms with Crippen molar-refractivity contribution >= 4 is 11.8 Å². The summed E-state index contributed by atoms with van der Waals surface area (Å²) in [6.45, 7) is 11.8. The average Bonchev–Trinajstić information content (AvgIpc) is 2.72. The molecule has 2 amide bonds. The van der Waals surface area contributed by atoms with Crippen molar-refractivity contribution < 1.29 is 18.7 Å². The molecule has 6 heteroatoms. The molecule has 168 valence electrons. The van der Waals surface area contributed by atoms with Gasteiger partial charge in [-0.1, -0.05) is 38.1 Å². The topological polar surface area (TPSA) is 58.6 Å². The van der Waals surface area contributed by atoms with E-state index in [2.05, 4.69) is 11.4 Å². The van der Waals surface area contributed by atoms with Crippen molar-refractivity contribution in [1.29, 1.82) is 0 Å². The van der Waals surface area contributed by atoms with Crippen LogP contribution in [-0.4, -0.2) is 35.9 Å². The Balaban J connectivity index is 2.21. The molecule has 1 N–H and O–H groups in total. The van der Waals surface area contributed by atoms with Gasteiger partial charge in [-0.05, 0) is 62.4 Å². The van der Waals surface area contributed by atoms with Crippen molar-refractivity contribution in [3.8, 4) is 5.75 Å². The molecular weight excluding hydrogens is 395 g/mol. The van der Waals surface area contributed by atoms with Crippen LogP contribution in [0.4, 0.5) is 4.39 Å². The summed E-state index contributed by atoms with van der Waals surface area (Å²) in [7, 11) is 0. The Hall–Kier alpha value is -2.89. The third-order valence-corrected chi connectivity index (χ3v) is 5.27. The minimum Gasteiger partial charge on any atom is -0.483 e. The van der Waals surface area contributed by atoms with Crippen LogP contribution in [0, 0.1) is 32.5 Å². The zero-order valence-electron chi connectivity index (χ0n) is 19.3. The Morgan fingerprint density at radius 3 is 2.42 bits per heavy atom. The number of ether oxygens (including phenoxy) is 1. The van der Waals surface area contributed by atoms with Crippen LogP contribution in [0.15, 0.2) is 36.4 Å². The SMILES string of the molecule is Cc1cc(C)c(C)c(OCC(=O)N(Cc2ccccc2F)C(C)C(=O)NCC(C)C)c1. The molecule has 2 aromatic rings. The molecule has 1 atom stereocenters. The predicted molar refractivity (Wildman–Crippen MR) is 120 cm³/mol. The van der Waals surface area contributed by atoms with E-state index in [1.165, 1.54) is 11.0 Å². The first-order valence-corrected chi connectivity index (χ1v) is 10.6. The Bertz CT molecular complexity index is 927. The normalized spacial score (nSPS) is 11.9. The van der Waals surface area contributed by atoms with E-state index in [1.807, 2.05) is 40.7 Å². The van der Waals surface area contributed by atoms with Crippen LogP contribution in [0.2, 0.25) is 0 Å². The van der Waals surface area contributed by atoms with Gasteiger partial charge in [0.2, 0.25) is 5.91 Å². The quantitative estimate of drug-likeness (QED) is 0.647. The standard InChI is InChI=1S/C25H33FN2O3/c1-16(2)13-27-25(30)20(6)28(14-21-9-7-8-10-22(21)26)24(29)15-31-23-12-17(3)11-18(4)19(23)5/h7-12,16,20H,13-15H2,1-6H3,(H,27,30). The molecule has 5 nitrogen and oxygen atoms in total. The predicted octanol–water partition coefficient (Wildman–Crippen LogP) is 4.32. The molecule has 0 heterocycles. The average molecular weight is 429 g/mol. The lowest BCUT2D eigenvalue weighted by Crippen LogP contribution is -2.49. The van der Waals surface area contributed by atoms with Gasteiger partial charge in [0.05, 0.1) is 0 Å². The maximum atomic E-state index is 14.3. The van der Waals surface area contributed by atoms with E-state index in [0.717, 1.165) is 16.7 Å². The van der Waals surface area contributed by atoms with Gasteiger partial charge in [-0.2, -0.15) is 0 Å². The summed E-state index contributed by atoms with van der Waals surface area (Å²) >= 11 is 0. The summed E-state index contributed by atoms with van der Waals surface area (Å²) in [6, 6.07) is 9.43. The molecular formula is C25H33FN2O3. The number of nitrogens with one attached hydrogen (secondary N) is 1. The monoisotopic (exact) mass is 428 g/mol. The van der Waals surface area contributed by atoms with Crippen LogP contribution in [0.1, 0.15) is 43.0 Å². The van der Waals surface area contributed by atoms with E-state index in [9.17, 15) is 14.0 Å². The number of hydrogen-bond acceptors (Lipinski definition) is 3. The Morgan fingerprint density at radius 2 is 1.77 bits per heavy atom. The number of rotatable bonds is 9. The van der Waals surface area contributed by atoms with Crippen molar-refractivity contribution in [3.63, 3.8) is 0 Å². The van der Waals surface area contributed by atoms with Crippen LogP contribution >= 0.6 is 0 Å². The Labute approximate surface area is 184 Å². The lowest BCUT2D eigenvalue weighted by atomic mass is 10.1. The van der Waals surface area contributed by atoms with E-state index in [0.29, 0.717) is 17.9 Å². The van der Waals surface area contributed by atoms with Crippen LogP contribution < -0.4 is 10.1 Å². The van der Waals surface area contributed by atoms with E-state index in [1.54, 1.807) is 25.1 Å². The molecule has 31 heavy (non-hydrogen) atoms. The maximum absolute atomic E-state index is 14.3. The second-order valence-electron chi connectivity index (χ2n) is 8.42. The molecule has 0 saturated carbocycles. The van der Waals surface area contributed by atoms with Gasteiger partial charge in [-0.3, -0.25) is 9.59 Å². The zero-order chi connectivity index (χ0) is 23.1. The van der Waals surface area contributed by atoms with Gasteiger partial charge in [0.15, 0.2) is 6.61 Å². The Kier molecular flexibility index (Phi) is 8.60. The lowest BCUT2D eigenvalue weighted by molar-refractivity contribution is -0.142. The van der Waals surface area contributed by atoms with Gasteiger partial charge in [0.25, 0.3) is 5.91 Å². The van der Waals surface area contributed by atoms with Gasteiger partial charge in [-0.15, -0.1) is 0 Å². The molecule has 2 aromatic carbocycles. The third-order valence-electron chi connectivity index (χ3n) is 5.27. The van der Waals surface area contributed by atoms with Crippen molar-refractivity contribution in [1.82, 2.24) is 10.2 Å². The summed E-state index contributed by atoms with van der Waals surface area (Å²) in [4.78, 5) is 27.1. The van der Waals surface area contributed by atoms with Gasteiger partial charge in [-0.25, -0.2) is 4.39 Å². The molecule has 0 fully saturated rings. The lowest BCUT2D eigenvalue weighted by Gasteiger charge is -2.29. The second-order valence-corrected chi connectivity index (χ2v) is 8.42. The minimum absolute atomic E-state index is 0.0169. The molecule has 0 radical (unpaired) electrons. The summed E-state index contributed by atoms with van der Waals surface area (Å²) in [5.74, 6) is -0.160. The number of halogens is 1. The highest BCUT2D eigenvalue weighted by Crippen LogP contribution is 2.23. The fourth-order valence-electron chi connectivity index (χ4n) is 3.22. The number of benzene rings is 2. The first kappa shape index (κ1) is 24.4. The van der Waals surface area contributed by atoms with E-state index < -0.39 is 11.9 Å². The van der Waals surface area contributed by atoms with Crippen molar-refractivity contribution in [3.05, 3.63) is 64.5 Å². The van der Waals surface area contributed by atoms with Crippen LogP contribution in [0.25, 0.3) is 0 Å². The molecule has 0 aliphatic rings. The zero-order valence-corrected chi connectivity index (χ0v) is 19.3. The molecule has 0 aromatic heterocycles. The smallest absolute Gasteiger partial charge is 0.261 e. The van der Waals surface area contributed by atoms with Crippen molar-refractivity contribution in [2.24, 2.45) is 5.92 Å². The number of hydrogen-bond donors (Lipinski definition) is 1. The fraction of sp³-hybridized carbons (Fsp3) is 0.440. The molecule has 0 aliphatic carbocycles. The van der Waals surface area contributed by atoms with Gasteiger partial charge in [0, 0.05) is 18.7 Å². The number of carbonyl (C=O) groups excluding carboxylic acids is 2. The van der Waals surface area contributed by atoms with Crippen molar-refractivity contribution in [2.45, 2.75) is 54.1 Å². The number of amides is 2. The summed E-state index contributed by atoms with van der Waals surface area (Å²) < 4.78 is 20.1. The summed E-state index contributed by atoms with van der Waals surface area (Å²) in [5, 5.41) is 2.85. The highest BCUT2D eigenvalue weighted by atomic mass is 19.1.